The summed E-state index contributed by atoms with van der Waals surface area (Å²) < 4.78 is 29.0. The molecule has 2 aromatic rings. The van der Waals surface area contributed by atoms with Gasteiger partial charge in [-0.3, -0.25) is 4.79 Å². The third-order valence-electron chi connectivity index (χ3n) is 6.27. The number of likely N-dealkylation sites (N-methyl/N-ethyl adjacent to an activating group) is 1. The lowest BCUT2D eigenvalue weighted by atomic mass is 9.96. The Morgan fingerprint density at radius 3 is 2.43 bits per heavy atom. The monoisotopic (exact) mass is 431 g/mol. The Balaban J connectivity index is 1.42. The molecule has 2 aliphatic rings. The van der Waals surface area contributed by atoms with Crippen LogP contribution in [0.2, 0.25) is 0 Å². The molecule has 4 rings (SSSR count). The number of hydrogen-bond acceptors (Lipinski definition) is 5. The van der Waals surface area contributed by atoms with Gasteiger partial charge in [-0.1, -0.05) is 18.2 Å². The Kier molecular flexibility index (Phi) is 5.59. The molecule has 1 fully saturated rings. The summed E-state index contributed by atoms with van der Waals surface area (Å²) in [6.07, 6.45) is 2.63. The number of fused-ring (bicyclic) bond motifs is 1. The number of imidazole rings is 1. The van der Waals surface area contributed by atoms with Crippen molar-refractivity contribution in [2.75, 3.05) is 38.1 Å². The second-order valence-electron chi connectivity index (χ2n) is 8.23. The molecule has 8 nitrogen and oxygen atoms in total. The molecule has 2 aliphatic heterocycles. The van der Waals surface area contributed by atoms with Crippen LogP contribution in [0.1, 0.15) is 24.2 Å². The van der Waals surface area contributed by atoms with E-state index in [1.54, 1.807) is 24.7 Å². The molecule has 1 aromatic carbocycles. The molecule has 1 saturated heterocycles. The number of benzene rings is 1. The van der Waals surface area contributed by atoms with Gasteiger partial charge >= 0.3 is 0 Å². The first-order valence-electron chi connectivity index (χ1n) is 10.4. The van der Waals surface area contributed by atoms with Crippen molar-refractivity contribution in [3.8, 4) is 0 Å². The van der Waals surface area contributed by atoms with Crippen molar-refractivity contribution < 1.29 is 13.2 Å². The Morgan fingerprint density at radius 2 is 1.77 bits per heavy atom. The van der Waals surface area contributed by atoms with Gasteiger partial charge in [-0.25, -0.2) is 13.4 Å². The fraction of sp³-hybridized carbons (Fsp3) is 0.524. The Bertz CT molecular complexity index is 1020. The highest BCUT2D eigenvalue weighted by atomic mass is 32.2. The molecule has 1 aromatic heterocycles. The van der Waals surface area contributed by atoms with E-state index in [4.69, 9.17) is 0 Å². The SMILES string of the molecule is Cc1nc(S(=O)(=O)N2CCC(C(=O)N3CCN(C)c4ccccc4C3)CC2)cn1C. The molecule has 0 bridgehead atoms. The van der Waals surface area contributed by atoms with Gasteiger partial charge in [0.25, 0.3) is 10.0 Å². The van der Waals surface area contributed by atoms with E-state index in [2.05, 4.69) is 29.1 Å². The van der Waals surface area contributed by atoms with Crippen LogP contribution in [0.5, 0.6) is 0 Å². The molecule has 0 atom stereocenters. The van der Waals surface area contributed by atoms with Crippen molar-refractivity contribution in [2.24, 2.45) is 13.0 Å². The summed E-state index contributed by atoms with van der Waals surface area (Å²) >= 11 is 0. The fourth-order valence-corrected chi connectivity index (χ4v) is 5.76. The van der Waals surface area contributed by atoms with Crippen molar-refractivity contribution in [3.63, 3.8) is 0 Å². The summed E-state index contributed by atoms with van der Waals surface area (Å²) in [5.41, 5.74) is 2.32. The molecule has 162 valence electrons. The second-order valence-corrected chi connectivity index (χ2v) is 10.1. The minimum atomic E-state index is -3.62. The van der Waals surface area contributed by atoms with Gasteiger partial charge in [0.2, 0.25) is 5.91 Å². The smallest absolute Gasteiger partial charge is 0.262 e. The minimum Gasteiger partial charge on any atom is -0.373 e. The number of rotatable bonds is 3. The average Bonchev–Trinajstić information content (AvgIpc) is 3.00. The summed E-state index contributed by atoms with van der Waals surface area (Å²) in [5, 5.41) is 0.0828. The van der Waals surface area contributed by atoms with Gasteiger partial charge in [0, 0.05) is 64.6 Å². The van der Waals surface area contributed by atoms with Crippen LogP contribution in [-0.2, 0) is 28.4 Å². The molecular weight excluding hydrogens is 402 g/mol. The van der Waals surface area contributed by atoms with Crippen molar-refractivity contribution in [3.05, 3.63) is 41.9 Å². The van der Waals surface area contributed by atoms with E-state index in [0.29, 0.717) is 44.8 Å². The number of anilines is 1. The number of para-hydroxylation sites is 1. The predicted molar refractivity (Wildman–Crippen MR) is 115 cm³/mol. The summed E-state index contributed by atoms with van der Waals surface area (Å²) in [7, 11) is 0.211. The summed E-state index contributed by atoms with van der Waals surface area (Å²) in [5.74, 6) is 0.647. The fourth-order valence-electron chi connectivity index (χ4n) is 4.27. The van der Waals surface area contributed by atoms with E-state index >= 15 is 0 Å². The van der Waals surface area contributed by atoms with Crippen molar-refractivity contribution in [1.82, 2.24) is 18.8 Å². The Labute approximate surface area is 178 Å². The number of nitrogens with zero attached hydrogens (tertiary/aromatic N) is 5. The predicted octanol–water partition coefficient (Wildman–Crippen LogP) is 1.61. The van der Waals surface area contributed by atoms with Crippen molar-refractivity contribution >= 4 is 21.6 Å². The van der Waals surface area contributed by atoms with Gasteiger partial charge in [-0.2, -0.15) is 4.31 Å². The molecule has 0 N–H and O–H groups in total. The number of carbonyl (C=O) groups is 1. The lowest BCUT2D eigenvalue weighted by Crippen LogP contribution is -2.45. The summed E-state index contributed by atoms with van der Waals surface area (Å²) in [4.78, 5) is 21.5. The second kappa shape index (κ2) is 8.03. The maximum atomic E-state index is 13.2. The van der Waals surface area contributed by atoms with Crippen LogP contribution in [0.4, 0.5) is 5.69 Å². The molecule has 3 heterocycles. The zero-order valence-electron chi connectivity index (χ0n) is 17.8. The van der Waals surface area contributed by atoms with Gasteiger partial charge < -0.3 is 14.4 Å². The van der Waals surface area contributed by atoms with Crippen LogP contribution in [0.3, 0.4) is 0 Å². The van der Waals surface area contributed by atoms with Crippen LogP contribution in [0.25, 0.3) is 0 Å². The molecule has 9 heteroatoms. The molecule has 0 spiro atoms. The highest BCUT2D eigenvalue weighted by Crippen LogP contribution is 2.28. The zero-order valence-corrected chi connectivity index (χ0v) is 18.6. The first-order chi connectivity index (χ1) is 14.3. The molecule has 30 heavy (non-hydrogen) atoms. The number of aromatic nitrogens is 2. The lowest BCUT2D eigenvalue weighted by molar-refractivity contribution is -0.137. The maximum Gasteiger partial charge on any atom is 0.262 e. The van der Waals surface area contributed by atoms with Gasteiger partial charge in [0.05, 0.1) is 0 Å². The number of hydrogen-bond donors (Lipinski definition) is 0. The van der Waals surface area contributed by atoms with Crippen LogP contribution in [0, 0.1) is 12.8 Å². The van der Waals surface area contributed by atoms with Gasteiger partial charge in [-0.15, -0.1) is 0 Å². The molecule has 0 aliphatic carbocycles. The lowest BCUT2D eigenvalue weighted by Gasteiger charge is -2.33. The van der Waals surface area contributed by atoms with E-state index < -0.39 is 10.0 Å². The topological polar surface area (TPSA) is 78.8 Å². The van der Waals surface area contributed by atoms with E-state index in [1.807, 2.05) is 17.0 Å². The minimum absolute atomic E-state index is 0.0828. The van der Waals surface area contributed by atoms with E-state index in [1.165, 1.54) is 9.99 Å². The number of aryl methyl sites for hydroxylation is 2. The van der Waals surface area contributed by atoms with Crippen molar-refractivity contribution in [1.29, 1.82) is 0 Å². The summed E-state index contributed by atoms with van der Waals surface area (Å²) in [6.45, 7) is 4.54. The first-order valence-corrected chi connectivity index (χ1v) is 11.8. The van der Waals surface area contributed by atoms with Crippen LogP contribution in [0.15, 0.2) is 35.5 Å². The van der Waals surface area contributed by atoms with Crippen LogP contribution >= 0.6 is 0 Å². The molecule has 0 radical (unpaired) electrons. The number of piperidine rings is 1. The van der Waals surface area contributed by atoms with Gasteiger partial charge in [0.1, 0.15) is 5.82 Å². The normalized spacial score (nSPS) is 18.9. The molecule has 0 saturated carbocycles. The molecular formula is C21H29N5O3S. The van der Waals surface area contributed by atoms with Crippen LogP contribution in [-0.4, -0.2) is 66.3 Å². The quantitative estimate of drug-likeness (QED) is 0.738. The third kappa shape index (κ3) is 3.83. The standard InChI is InChI=1S/C21H29N5O3S/c1-16-22-20(15-24(16)3)30(28,29)26-10-8-17(9-11-26)21(27)25-13-12-23(2)19-7-5-4-6-18(19)14-25/h4-7,15,17H,8-14H2,1-3H3. The molecule has 1 amide bonds. The average molecular weight is 432 g/mol. The zero-order chi connectivity index (χ0) is 21.5. The highest BCUT2D eigenvalue weighted by Gasteiger charge is 2.35. The van der Waals surface area contributed by atoms with E-state index in [9.17, 15) is 13.2 Å². The van der Waals surface area contributed by atoms with Gasteiger partial charge in [0.15, 0.2) is 5.03 Å². The first kappa shape index (κ1) is 20.9. The summed E-state index contributed by atoms with van der Waals surface area (Å²) in [6, 6.07) is 8.18. The van der Waals surface area contributed by atoms with Crippen molar-refractivity contribution in [2.45, 2.75) is 31.3 Å². The Hall–Kier alpha value is -2.39. The largest absolute Gasteiger partial charge is 0.373 e. The van der Waals surface area contributed by atoms with Crippen LogP contribution < -0.4 is 4.90 Å². The molecule has 0 unspecified atom stereocenters. The maximum absolute atomic E-state index is 13.2. The highest BCUT2D eigenvalue weighted by molar-refractivity contribution is 7.89. The van der Waals surface area contributed by atoms with E-state index in [-0.39, 0.29) is 16.9 Å². The number of sulfonamides is 1. The Morgan fingerprint density at radius 1 is 1.07 bits per heavy atom. The number of amides is 1. The third-order valence-corrected chi connectivity index (χ3v) is 8.05. The number of carbonyl (C=O) groups excluding carboxylic acids is 1. The van der Waals surface area contributed by atoms with Gasteiger partial charge in [-0.05, 0) is 31.4 Å². The van der Waals surface area contributed by atoms with E-state index in [0.717, 1.165) is 12.1 Å².